The largest absolute Gasteiger partial charge is 0.393 e. The summed E-state index contributed by atoms with van der Waals surface area (Å²) in [5, 5.41) is 19.6. The highest BCUT2D eigenvalue weighted by atomic mass is 16.8. The van der Waals surface area contributed by atoms with E-state index in [4.69, 9.17) is 18.9 Å². The predicted molar refractivity (Wildman–Crippen MR) is 55.0 cm³/mol. The molecule has 0 unspecified atom stereocenters. The van der Waals surface area contributed by atoms with E-state index in [9.17, 15) is 10.2 Å². The van der Waals surface area contributed by atoms with Gasteiger partial charge in [-0.25, -0.2) is 0 Å². The summed E-state index contributed by atoms with van der Waals surface area (Å²) in [6, 6.07) is 0. The minimum absolute atomic E-state index is 0.00968. The lowest BCUT2D eigenvalue weighted by Gasteiger charge is -2.41. The van der Waals surface area contributed by atoms with E-state index in [1.54, 1.807) is 14.2 Å². The second-order valence-corrected chi connectivity index (χ2v) is 4.97. The third kappa shape index (κ3) is 1.43. The van der Waals surface area contributed by atoms with Crippen molar-refractivity contribution in [2.45, 2.75) is 36.8 Å². The van der Waals surface area contributed by atoms with Crippen LogP contribution < -0.4 is 0 Å². The Morgan fingerprint density at radius 2 is 2.12 bits per heavy atom. The molecule has 0 bridgehead atoms. The minimum atomic E-state index is -0.677. The lowest BCUT2D eigenvalue weighted by Crippen LogP contribution is -2.49. The fraction of sp³-hybridized carbons (Fsp3) is 1.00. The summed E-state index contributed by atoms with van der Waals surface area (Å²) in [7, 11) is 3.12. The Morgan fingerprint density at radius 1 is 1.35 bits per heavy atom. The molecule has 0 spiro atoms. The van der Waals surface area contributed by atoms with E-state index >= 15 is 0 Å². The molecule has 2 heterocycles. The first-order valence-corrected chi connectivity index (χ1v) is 5.85. The molecule has 2 aliphatic heterocycles. The predicted octanol–water partition coefficient (Wildman–Crippen LogP) is -0.911. The number of methoxy groups -OCH3 is 2. The topological polar surface area (TPSA) is 80.7 Å². The number of hydrogen-bond donors (Lipinski definition) is 2. The van der Waals surface area contributed by atoms with E-state index in [1.165, 1.54) is 0 Å². The maximum absolute atomic E-state index is 10.2. The third-order valence-electron chi connectivity index (χ3n) is 4.33. The van der Waals surface area contributed by atoms with Crippen LogP contribution in [0.3, 0.4) is 0 Å². The van der Waals surface area contributed by atoms with Crippen molar-refractivity contribution in [3.8, 4) is 0 Å². The van der Waals surface area contributed by atoms with Gasteiger partial charge < -0.3 is 29.2 Å². The van der Waals surface area contributed by atoms with Crippen molar-refractivity contribution in [1.82, 2.24) is 0 Å². The molecule has 3 rings (SSSR count). The number of aliphatic hydroxyl groups is 2. The number of hydrogen-bond acceptors (Lipinski definition) is 6. The van der Waals surface area contributed by atoms with E-state index in [1.807, 2.05) is 0 Å². The van der Waals surface area contributed by atoms with Gasteiger partial charge >= 0.3 is 0 Å². The second-order valence-electron chi connectivity index (χ2n) is 4.97. The highest BCUT2D eigenvalue weighted by Crippen LogP contribution is 2.60. The van der Waals surface area contributed by atoms with Gasteiger partial charge in [0.1, 0.15) is 11.7 Å². The van der Waals surface area contributed by atoms with Crippen LogP contribution >= 0.6 is 0 Å². The summed E-state index contributed by atoms with van der Waals surface area (Å²) < 4.78 is 21.6. The molecule has 6 heteroatoms. The van der Waals surface area contributed by atoms with Crippen LogP contribution in [-0.4, -0.2) is 61.4 Å². The number of fused-ring (bicyclic) bond motifs is 3. The summed E-state index contributed by atoms with van der Waals surface area (Å²) in [6.07, 6.45) is -1.15. The molecule has 1 saturated carbocycles. The van der Waals surface area contributed by atoms with E-state index in [-0.39, 0.29) is 30.8 Å². The Labute approximate surface area is 99.4 Å². The van der Waals surface area contributed by atoms with Crippen molar-refractivity contribution in [2.75, 3.05) is 20.8 Å². The third-order valence-corrected chi connectivity index (χ3v) is 4.33. The molecule has 3 aliphatic rings. The monoisotopic (exact) mass is 246 g/mol. The molecule has 0 aromatic rings. The van der Waals surface area contributed by atoms with Crippen LogP contribution in [0.25, 0.3) is 0 Å². The Kier molecular flexibility index (Phi) is 2.70. The highest BCUT2D eigenvalue weighted by molar-refractivity contribution is 5.21. The Balaban J connectivity index is 1.87. The summed E-state index contributed by atoms with van der Waals surface area (Å²) in [5.41, 5.74) is -0.677. The second kappa shape index (κ2) is 3.88. The van der Waals surface area contributed by atoms with Gasteiger partial charge in [0.25, 0.3) is 0 Å². The van der Waals surface area contributed by atoms with Gasteiger partial charge in [-0.3, -0.25) is 0 Å². The Hall–Kier alpha value is -0.240. The number of epoxide rings is 1. The van der Waals surface area contributed by atoms with Crippen molar-refractivity contribution in [1.29, 1.82) is 0 Å². The maximum atomic E-state index is 10.2. The summed E-state index contributed by atoms with van der Waals surface area (Å²) in [5.74, 6) is -0.145. The number of rotatable bonds is 3. The zero-order valence-electron chi connectivity index (χ0n) is 9.91. The normalized spacial score (nSPS) is 56.5. The average molecular weight is 246 g/mol. The van der Waals surface area contributed by atoms with Crippen molar-refractivity contribution in [3.63, 3.8) is 0 Å². The fourth-order valence-corrected chi connectivity index (χ4v) is 3.45. The van der Waals surface area contributed by atoms with Crippen LogP contribution in [0.1, 0.15) is 6.42 Å². The molecule has 2 saturated heterocycles. The highest BCUT2D eigenvalue weighted by Gasteiger charge is 2.76. The van der Waals surface area contributed by atoms with E-state index in [0.717, 1.165) is 0 Å². The molecular formula is C11H18O6. The van der Waals surface area contributed by atoms with Gasteiger partial charge in [0.15, 0.2) is 12.6 Å². The Morgan fingerprint density at radius 3 is 2.71 bits per heavy atom. The van der Waals surface area contributed by atoms with Crippen LogP contribution in [0.2, 0.25) is 0 Å². The quantitative estimate of drug-likeness (QED) is 0.627. The number of aliphatic hydroxyl groups excluding tert-OH is 2. The van der Waals surface area contributed by atoms with E-state index < -0.39 is 18.0 Å². The lowest BCUT2D eigenvalue weighted by atomic mass is 9.83. The summed E-state index contributed by atoms with van der Waals surface area (Å²) >= 11 is 0. The molecule has 1 aliphatic carbocycles. The first kappa shape index (κ1) is 11.8. The molecule has 0 aromatic heterocycles. The van der Waals surface area contributed by atoms with E-state index in [2.05, 4.69) is 0 Å². The van der Waals surface area contributed by atoms with Gasteiger partial charge in [0.2, 0.25) is 0 Å². The molecule has 0 radical (unpaired) electrons. The van der Waals surface area contributed by atoms with Crippen molar-refractivity contribution in [2.24, 2.45) is 11.8 Å². The molecule has 98 valence electrons. The van der Waals surface area contributed by atoms with Crippen LogP contribution in [0.15, 0.2) is 0 Å². The lowest BCUT2D eigenvalue weighted by molar-refractivity contribution is -0.299. The average Bonchev–Trinajstić information content (AvgIpc) is 3.06. The first-order chi connectivity index (χ1) is 8.17. The zero-order valence-corrected chi connectivity index (χ0v) is 9.91. The van der Waals surface area contributed by atoms with Gasteiger partial charge in [0, 0.05) is 32.5 Å². The molecular weight excluding hydrogens is 228 g/mol. The van der Waals surface area contributed by atoms with Crippen LogP contribution in [0.5, 0.6) is 0 Å². The molecule has 2 N–H and O–H groups in total. The van der Waals surface area contributed by atoms with Gasteiger partial charge in [-0.15, -0.1) is 0 Å². The molecule has 3 fully saturated rings. The summed E-state index contributed by atoms with van der Waals surface area (Å²) in [6.45, 7) is -0.114. The smallest absolute Gasteiger partial charge is 0.166 e. The van der Waals surface area contributed by atoms with Crippen LogP contribution in [-0.2, 0) is 18.9 Å². The summed E-state index contributed by atoms with van der Waals surface area (Å²) in [4.78, 5) is 0. The fourth-order valence-electron chi connectivity index (χ4n) is 3.45. The van der Waals surface area contributed by atoms with Gasteiger partial charge in [-0.05, 0) is 0 Å². The Bertz CT molecular complexity index is 310. The van der Waals surface area contributed by atoms with Crippen LogP contribution in [0.4, 0.5) is 0 Å². The zero-order chi connectivity index (χ0) is 12.2. The van der Waals surface area contributed by atoms with Crippen molar-refractivity contribution >= 4 is 0 Å². The van der Waals surface area contributed by atoms with Gasteiger partial charge in [-0.2, -0.15) is 0 Å². The number of ether oxygens (including phenoxy) is 4. The molecule has 0 amide bonds. The molecule has 7 atom stereocenters. The standard InChI is InChI=1S/C11H18O6/c1-14-6-3-5-7(10(15-2)16-6)11(4-12)9(17-11)8(5)13/h5-10,12-13H,3-4H2,1-2H3/t5-,6-,7-,8+,9+,10-,11-/m1/s1. The van der Waals surface area contributed by atoms with E-state index in [0.29, 0.717) is 6.42 Å². The minimum Gasteiger partial charge on any atom is -0.393 e. The molecule has 0 aromatic carbocycles. The maximum Gasteiger partial charge on any atom is 0.166 e. The SMILES string of the molecule is CO[C@H]1C[C@H]2[C@H](O)[C@@H]3O[C@]3(CO)[C@H]2[C@H](OC)O1. The van der Waals surface area contributed by atoms with Gasteiger partial charge in [0.05, 0.1) is 12.7 Å². The van der Waals surface area contributed by atoms with Crippen LogP contribution in [0, 0.1) is 11.8 Å². The van der Waals surface area contributed by atoms with Gasteiger partial charge in [-0.1, -0.05) is 0 Å². The van der Waals surface area contributed by atoms with Crippen molar-refractivity contribution in [3.05, 3.63) is 0 Å². The first-order valence-electron chi connectivity index (χ1n) is 5.85. The van der Waals surface area contributed by atoms with Crippen molar-refractivity contribution < 1.29 is 29.2 Å². The molecule has 6 nitrogen and oxygen atoms in total. The molecule has 17 heavy (non-hydrogen) atoms.